The van der Waals surface area contributed by atoms with Crippen molar-refractivity contribution in [1.29, 1.82) is 0 Å². The Hall–Kier alpha value is -2.21. The van der Waals surface area contributed by atoms with Crippen molar-refractivity contribution in [2.45, 2.75) is 18.7 Å². The highest BCUT2D eigenvalue weighted by molar-refractivity contribution is 6.31. The molecule has 1 heterocycles. The molecule has 0 fully saturated rings. The van der Waals surface area contributed by atoms with E-state index in [4.69, 9.17) is 11.6 Å². The summed E-state index contributed by atoms with van der Waals surface area (Å²) in [6, 6.07) is 10.8. The first-order valence-corrected chi connectivity index (χ1v) is 7.15. The summed E-state index contributed by atoms with van der Waals surface area (Å²) in [6.07, 6.45) is -4.67. The maximum Gasteiger partial charge on any atom is 0.573 e. The predicted octanol–water partition coefficient (Wildman–Crippen LogP) is 4.52. The third kappa shape index (κ3) is 3.42. The van der Waals surface area contributed by atoms with Crippen LogP contribution in [0, 0.1) is 0 Å². The molecule has 1 N–H and O–H groups in total. The van der Waals surface area contributed by atoms with Gasteiger partial charge in [0, 0.05) is 10.7 Å². The van der Waals surface area contributed by atoms with Crippen molar-refractivity contribution in [1.82, 2.24) is 0 Å². The minimum absolute atomic E-state index is 0.104. The molecule has 1 amide bonds. The molecule has 120 valence electrons. The fourth-order valence-corrected chi connectivity index (χ4v) is 2.79. The molecule has 3 rings (SSSR count). The van der Waals surface area contributed by atoms with Crippen molar-refractivity contribution < 1.29 is 22.7 Å². The maximum atomic E-state index is 12.5. The zero-order chi connectivity index (χ0) is 16.6. The van der Waals surface area contributed by atoms with Crippen LogP contribution in [0.15, 0.2) is 42.5 Å². The Morgan fingerprint density at radius 3 is 2.65 bits per heavy atom. The zero-order valence-corrected chi connectivity index (χ0v) is 12.4. The quantitative estimate of drug-likeness (QED) is 0.891. The zero-order valence-electron chi connectivity index (χ0n) is 11.7. The number of fused-ring (bicyclic) bond motifs is 1. The molecule has 0 saturated heterocycles. The second-order valence-electron chi connectivity index (χ2n) is 5.13. The summed E-state index contributed by atoms with van der Waals surface area (Å²) >= 11 is 5.88. The Labute approximate surface area is 135 Å². The predicted molar refractivity (Wildman–Crippen MR) is 79.7 cm³/mol. The van der Waals surface area contributed by atoms with Crippen LogP contribution in [0.2, 0.25) is 5.02 Å². The highest BCUT2D eigenvalue weighted by atomic mass is 35.5. The summed E-state index contributed by atoms with van der Waals surface area (Å²) in [5, 5.41) is 3.17. The van der Waals surface area contributed by atoms with Crippen molar-refractivity contribution in [3.8, 4) is 5.75 Å². The molecule has 2 aromatic rings. The normalized spacial score (nSPS) is 16.9. The lowest BCUT2D eigenvalue weighted by Crippen LogP contribution is -2.19. The van der Waals surface area contributed by atoms with Crippen molar-refractivity contribution in [2.75, 3.05) is 5.32 Å². The van der Waals surface area contributed by atoms with Gasteiger partial charge in [-0.2, -0.15) is 0 Å². The van der Waals surface area contributed by atoms with Crippen LogP contribution < -0.4 is 10.1 Å². The summed E-state index contributed by atoms with van der Waals surface area (Å²) in [5.74, 6) is -1.15. The number of hydrogen-bond acceptors (Lipinski definition) is 2. The number of anilines is 1. The lowest BCUT2D eigenvalue weighted by atomic mass is 9.93. The third-order valence-corrected chi connectivity index (χ3v) is 3.82. The van der Waals surface area contributed by atoms with Gasteiger partial charge in [-0.05, 0) is 35.7 Å². The lowest BCUT2D eigenvalue weighted by molar-refractivity contribution is -0.274. The van der Waals surface area contributed by atoms with Gasteiger partial charge in [-0.25, -0.2) is 0 Å². The van der Waals surface area contributed by atoms with Gasteiger partial charge in [-0.1, -0.05) is 35.9 Å². The van der Waals surface area contributed by atoms with Gasteiger partial charge < -0.3 is 10.1 Å². The molecule has 0 bridgehead atoms. The Morgan fingerprint density at radius 1 is 1.17 bits per heavy atom. The number of para-hydroxylation sites is 1. The van der Waals surface area contributed by atoms with E-state index in [1.807, 2.05) is 0 Å². The highest BCUT2D eigenvalue weighted by Gasteiger charge is 2.34. The van der Waals surface area contributed by atoms with Gasteiger partial charge in [0.15, 0.2) is 0 Å². The van der Waals surface area contributed by atoms with E-state index < -0.39 is 12.3 Å². The number of nitrogens with one attached hydrogen (secondary N) is 1. The number of alkyl halides is 3. The van der Waals surface area contributed by atoms with Crippen LogP contribution in [-0.4, -0.2) is 12.3 Å². The summed E-state index contributed by atoms with van der Waals surface area (Å²) in [6.45, 7) is 0. The molecular formula is C16H11ClF3NO2. The average molecular weight is 342 g/mol. The molecule has 1 aliphatic rings. The van der Waals surface area contributed by atoms with E-state index in [9.17, 15) is 18.0 Å². The van der Waals surface area contributed by atoms with Gasteiger partial charge in [-0.15, -0.1) is 13.2 Å². The number of halogens is 4. The minimum atomic E-state index is -4.78. The van der Waals surface area contributed by atoms with Crippen LogP contribution in [0.1, 0.15) is 17.0 Å². The molecule has 1 atom stereocenters. The molecule has 1 unspecified atom stereocenters. The molecule has 0 aromatic heterocycles. The van der Waals surface area contributed by atoms with Crippen molar-refractivity contribution in [2.24, 2.45) is 0 Å². The van der Waals surface area contributed by atoms with E-state index in [0.717, 1.165) is 0 Å². The second-order valence-corrected chi connectivity index (χ2v) is 5.57. The fraction of sp³-hybridized carbons (Fsp3) is 0.188. The third-order valence-electron chi connectivity index (χ3n) is 3.59. The molecule has 2 aromatic carbocycles. The van der Waals surface area contributed by atoms with Crippen molar-refractivity contribution in [3.63, 3.8) is 0 Å². The number of rotatable bonds is 3. The van der Waals surface area contributed by atoms with E-state index in [0.29, 0.717) is 21.8 Å². The summed E-state index contributed by atoms with van der Waals surface area (Å²) in [4.78, 5) is 12.1. The lowest BCUT2D eigenvalue weighted by Gasteiger charge is -2.15. The standard InChI is InChI=1S/C16H11ClF3NO2/c17-10-5-6-11-12(15(22)21-13(11)8-10)7-9-3-1-2-4-14(9)23-16(18,19)20/h1-6,8,12H,7H2,(H,21,22). The molecule has 0 spiro atoms. The van der Waals surface area contributed by atoms with Crippen LogP contribution in [0.3, 0.4) is 0 Å². The van der Waals surface area contributed by atoms with Gasteiger partial charge in [-0.3, -0.25) is 4.79 Å². The Morgan fingerprint density at radius 2 is 1.91 bits per heavy atom. The molecule has 23 heavy (non-hydrogen) atoms. The van der Waals surface area contributed by atoms with Gasteiger partial charge in [0.05, 0.1) is 5.92 Å². The summed E-state index contributed by atoms with van der Waals surface area (Å²) in [5.41, 5.74) is 1.61. The number of carbonyl (C=O) groups excluding carboxylic acids is 1. The topological polar surface area (TPSA) is 38.3 Å². The number of carbonyl (C=O) groups is 1. The Bertz CT molecular complexity index is 761. The largest absolute Gasteiger partial charge is 0.573 e. The molecule has 1 aliphatic heterocycles. The van der Waals surface area contributed by atoms with Crippen molar-refractivity contribution in [3.05, 3.63) is 58.6 Å². The Balaban J connectivity index is 1.90. The number of benzene rings is 2. The SMILES string of the molecule is O=C1Nc2cc(Cl)ccc2C1Cc1ccccc1OC(F)(F)F. The van der Waals surface area contributed by atoms with E-state index in [1.165, 1.54) is 18.2 Å². The first-order chi connectivity index (χ1) is 10.8. The minimum Gasteiger partial charge on any atom is -0.406 e. The van der Waals surface area contributed by atoms with E-state index in [-0.39, 0.29) is 18.1 Å². The first kappa shape index (κ1) is 15.7. The van der Waals surface area contributed by atoms with Gasteiger partial charge in [0.2, 0.25) is 5.91 Å². The summed E-state index contributed by atoms with van der Waals surface area (Å²) < 4.78 is 41.5. The van der Waals surface area contributed by atoms with Gasteiger partial charge >= 0.3 is 6.36 Å². The molecule has 7 heteroatoms. The molecule has 0 radical (unpaired) electrons. The second kappa shape index (κ2) is 5.77. The average Bonchev–Trinajstić information content (AvgIpc) is 2.74. The number of ether oxygens (including phenoxy) is 1. The smallest absolute Gasteiger partial charge is 0.406 e. The van der Waals surface area contributed by atoms with Crippen LogP contribution in [0.4, 0.5) is 18.9 Å². The van der Waals surface area contributed by atoms with Gasteiger partial charge in [0.1, 0.15) is 5.75 Å². The highest BCUT2D eigenvalue weighted by Crippen LogP contribution is 2.38. The molecule has 0 saturated carbocycles. The molecule has 3 nitrogen and oxygen atoms in total. The first-order valence-electron chi connectivity index (χ1n) is 6.77. The van der Waals surface area contributed by atoms with E-state index >= 15 is 0 Å². The van der Waals surface area contributed by atoms with Crippen LogP contribution in [-0.2, 0) is 11.2 Å². The van der Waals surface area contributed by atoms with Crippen LogP contribution >= 0.6 is 11.6 Å². The monoisotopic (exact) mass is 341 g/mol. The van der Waals surface area contributed by atoms with E-state index in [1.54, 1.807) is 24.3 Å². The molecular weight excluding hydrogens is 331 g/mol. The Kier molecular flexibility index (Phi) is 3.93. The number of hydrogen-bond donors (Lipinski definition) is 1. The molecule has 0 aliphatic carbocycles. The fourth-order valence-electron chi connectivity index (χ4n) is 2.62. The maximum absolute atomic E-state index is 12.5. The van der Waals surface area contributed by atoms with Crippen LogP contribution in [0.25, 0.3) is 0 Å². The number of amides is 1. The van der Waals surface area contributed by atoms with E-state index in [2.05, 4.69) is 10.1 Å². The van der Waals surface area contributed by atoms with Crippen LogP contribution in [0.5, 0.6) is 5.75 Å². The summed E-state index contributed by atoms with van der Waals surface area (Å²) in [7, 11) is 0. The van der Waals surface area contributed by atoms with Crippen molar-refractivity contribution >= 4 is 23.2 Å². The van der Waals surface area contributed by atoms with Gasteiger partial charge in [0.25, 0.3) is 0 Å².